The molecule has 1 aliphatic carbocycles. The quantitative estimate of drug-likeness (QED) is 0.885. The van der Waals surface area contributed by atoms with E-state index in [0.717, 1.165) is 30.4 Å². The number of hydrogen-bond acceptors (Lipinski definition) is 2. The third kappa shape index (κ3) is 2.36. The summed E-state index contributed by atoms with van der Waals surface area (Å²) in [7, 11) is 4.08. The highest BCUT2D eigenvalue weighted by Crippen LogP contribution is 2.40. The van der Waals surface area contributed by atoms with E-state index in [2.05, 4.69) is 11.5 Å². The molecule has 0 saturated heterocycles. The fraction of sp³-hybridized carbons (Fsp3) is 0.500. The highest BCUT2D eigenvalue weighted by atomic mass is 16.3. The molecule has 1 N–H and O–H groups in total. The van der Waals surface area contributed by atoms with Crippen molar-refractivity contribution in [2.75, 3.05) is 14.1 Å². The van der Waals surface area contributed by atoms with Gasteiger partial charge in [-0.3, -0.25) is 0 Å². The van der Waals surface area contributed by atoms with Gasteiger partial charge in [0.05, 0.1) is 0 Å². The summed E-state index contributed by atoms with van der Waals surface area (Å²) in [6, 6.07) is 10.2. The summed E-state index contributed by atoms with van der Waals surface area (Å²) in [6.07, 6.45) is 4.11. The molecule has 18 heavy (non-hydrogen) atoms. The van der Waals surface area contributed by atoms with E-state index in [1.54, 1.807) is 0 Å². The number of rotatable bonds is 3. The summed E-state index contributed by atoms with van der Waals surface area (Å²) in [6.45, 7) is 4.18. The maximum atomic E-state index is 11.1. The highest BCUT2D eigenvalue weighted by molar-refractivity contribution is 5.71. The van der Waals surface area contributed by atoms with Crippen LogP contribution in [0.5, 0.6) is 0 Å². The Kier molecular flexibility index (Phi) is 3.88. The van der Waals surface area contributed by atoms with Crippen LogP contribution in [0.15, 0.2) is 36.9 Å². The minimum Gasteiger partial charge on any atom is -0.384 e. The second kappa shape index (κ2) is 5.25. The molecule has 0 aromatic heterocycles. The molecule has 1 aromatic carbocycles. The molecule has 1 fully saturated rings. The number of likely N-dealkylation sites (N-methyl/N-ethyl adjacent to an activating group) is 1. The van der Waals surface area contributed by atoms with Crippen molar-refractivity contribution in [3.8, 4) is 0 Å². The van der Waals surface area contributed by atoms with E-state index in [0.29, 0.717) is 0 Å². The summed E-state index contributed by atoms with van der Waals surface area (Å²) in [5.41, 5.74) is 1.12. The first-order valence-electron chi connectivity index (χ1n) is 6.69. The Balaban J connectivity index is 2.31. The maximum Gasteiger partial charge on any atom is 0.105 e. The van der Waals surface area contributed by atoms with Crippen molar-refractivity contribution < 1.29 is 5.11 Å². The highest BCUT2D eigenvalue weighted by Gasteiger charge is 2.42. The van der Waals surface area contributed by atoms with Gasteiger partial charge >= 0.3 is 0 Å². The maximum absolute atomic E-state index is 11.1. The Morgan fingerprint density at radius 2 is 1.94 bits per heavy atom. The zero-order valence-corrected chi connectivity index (χ0v) is 11.4. The van der Waals surface area contributed by atoms with Crippen molar-refractivity contribution in [3.63, 3.8) is 0 Å². The lowest BCUT2D eigenvalue weighted by molar-refractivity contribution is -0.0128. The Morgan fingerprint density at radius 3 is 2.56 bits per heavy atom. The monoisotopic (exact) mass is 245 g/mol. The van der Waals surface area contributed by atoms with Crippen LogP contribution in [-0.2, 0) is 0 Å². The lowest BCUT2D eigenvalue weighted by atomic mass is 9.73. The van der Waals surface area contributed by atoms with Crippen LogP contribution >= 0.6 is 0 Å². The second-order valence-corrected chi connectivity index (χ2v) is 5.49. The topological polar surface area (TPSA) is 23.5 Å². The lowest BCUT2D eigenvalue weighted by Crippen LogP contribution is -2.52. The molecule has 0 unspecified atom stereocenters. The van der Waals surface area contributed by atoms with Gasteiger partial charge in [-0.2, -0.15) is 0 Å². The molecule has 2 rings (SSSR count). The third-order valence-corrected chi connectivity index (χ3v) is 4.10. The van der Waals surface area contributed by atoms with Crippen LogP contribution in [0.2, 0.25) is 0 Å². The van der Waals surface area contributed by atoms with Crippen LogP contribution < -0.4 is 0 Å². The van der Waals surface area contributed by atoms with E-state index in [9.17, 15) is 5.11 Å². The predicted molar refractivity (Wildman–Crippen MR) is 76.4 cm³/mol. The van der Waals surface area contributed by atoms with E-state index >= 15 is 0 Å². The summed E-state index contributed by atoms with van der Waals surface area (Å²) < 4.78 is 0. The van der Waals surface area contributed by atoms with Crippen molar-refractivity contribution in [1.82, 2.24) is 4.90 Å². The molecule has 0 radical (unpaired) electrons. The Morgan fingerprint density at radius 1 is 1.28 bits per heavy atom. The van der Waals surface area contributed by atoms with Gasteiger partial charge in [0.2, 0.25) is 0 Å². The van der Waals surface area contributed by atoms with Gasteiger partial charge < -0.3 is 10.0 Å². The molecule has 1 aromatic rings. The van der Waals surface area contributed by atoms with Gasteiger partial charge in [0, 0.05) is 6.04 Å². The Labute approximate surface area is 110 Å². The third-order valence-electron chi connectivity index (χ3n) is 4.10. The van der Waals surface area contributed by atoms with Gasteiger partial charge in [-0.25, -0.2) is 0 Å². The molecule has 0 aliphatic heterocycles. The average molecular weight is 245 g/mol. The first-order valence-corrected chi connectivity index (χ1v) is 6.69. The first kappa shape index (κ1) is 13.3. The summed E-state index contributed by atoms with van der Waals surface area (Å²) >= 11 is 0. The normalized spacial score (nSPS) is 28.3. The number of benzene rings is 1. The summed E-state index contributed by atoms with van der Waals surface area (Å²) in [4.78, 5) is 2.13. The van der Waals surface area contributed by atoms with E-state index in [-0.39, 0.29) is 6.04 Å². The molecule has 2 nitrogen and oxygen atoms in total. The van der Waals surface area contributed by atoms with Gasteiger partial charge in [0.25, 0.3) is 0 Å². The molecule has 0 spiro atoms. The Hall–Kier alpha value is -1.12. The van der Waals surface area contributed by atoms with E-state index in [4.69, 9.17) is 0 Å². The van der Waals surface area contributed by atoms with Crippen molar-refractivity contribution >= 4 is 5.57 Å². The molecule has 0 heterocycles. The molecule has 2 heteroatoms. The number of aliphatic hydroxyl groups is 1. The van der Waals surface area contributed by atoms with E-state index < -0.39 is 5.60 Å². The smallest absolute Gasteiger partial charge is 0.105 e. The lowest BCUT2D eigenvalue weighted by Gasteiger charge is -2.44. The molecular weight excluding hydrogens is 222 g/mol. The van der Waals surface area contributed by atoms with Crippen molar-refractivity contribution in [2.45, 2.75) is 37.3 Å². The summed E-state index contributed by atoms with van der Waals surface area (Å²) in [5, 5.41) is 11.1. The fourth-order valence-corrected chi connectivity index (χ4v) is 3.06. The van der Waals surface area contributed by atoms with Crippen LogP contribution in [0.25, 0.3) is 5.57 Å². The Bertz CT molecular complexity index is 412. The van der Waals surface area contributed by atoms with Crippen LogP contribution in [0.3, 0.4) is 0 Å². The van der Waals surface area contributed by atoms with Gasteiger partial charge in [0.15, 0.2) is 0 Å². The van der Waals surface area contributed by atoms with Crippen LogP contribution in [0, 0.1) is 0 Å². The van der Waals surface area contributed by atoms with Crippen molar-refractivity contribution in [2.24, 2.45) is 0 Å². The predicted octanol–water partition coefficient (Wildman–Crippen LogP) is 2.94. The molecular formula is C16H23NO. The molecule has 2 atom stereocenters. The molecule has 1 saturated carbocycles. The van der Waals surface area contributed by atoms with Crippen LogP contribution in [0.4, 0.5) is 0 Å². The van der Waals surface area contributed by atoms with E-state index in [1.165, 1.54) is 6.42 Å². The van der Waals surface area contributed by atoms with E-state index in [1.807, 2.05) is 44.4 Å². The fourth-order valence-electron chi connectivity index (χ4n) is 3.06. The van der Waals surface area contributed by atoms with Crippen LogP contribution in [-0.4, -0.2) is 35.7 Å². The zero-order chi connectivity index (χ0) is 13.2. The number of nitrogens with zero attached hydrogens (tertiary/aromatic N) is 1. The molecule has 0 bridgehead atoms. The molecule has 1 aliphatic rings. The standard InChI is InChI=1S/C16H23NO/c1-13(14-9-5-4-6-10-14)16(18)12-8-7-11-15(16)17(2)3/h4-6,9-10,15,18H,1,7-8,11-12H2,2-3H3/t15-,16+/m0/s1. The van der Waals surface area contributed by atoms with Crippen molar-refractivity contribution in [3.05, 3.63) is 42.5 Å². The first-order chi connectivity index (χ1) is 8.55. The minimum absolute atomic E-state index is 0.166. The number of hydrogen-bond donors (Lipinski definition) is 1. The summed E-state index contributed by atoms with van der Waals surface area (Å²) in [5.74, 6) is 0. The van der Waals surface area contributed by atoms with Gasteiger partial charge in [-0.05, 0) is 38.1 Å². The van der Waals surface area contributed by atoms with Gasteiger partial charge in [-0.15, -0.1) is 0 Å². The average Bonchev–Trinajstić information content (AvgIpc) is 2.39. The van der Waals surface area contributed by atoms with Crippen molar-refractivity contribution in [1.29, 1.82) is 0 Å². The zero-order valence-electron chi connectivity index (χ0n) is 11.4. The largest absolute Gasteiger partial charge is 0.384 e. The van der Waals surface area contributed by atoms with Gasteiger partial charge in [0.1, 0.15) is 5.60 Å². The van der Waals surface area contributed by atoms with Crippen LogP contribution in [0.1, 0.15) is 31.2 Å². The molecule has 0 amide bonds. The molecule has 98 valence electrons. The van der Waals surface area contributed by atoms with Gasteiger partial charge in [-0.1, -0.05) is 49.8 Å². The minimum atomic E-state index is -0.789. The second-order valence-electron chi connectivity index (χ2n) is 5.49. The SMILES string of the molecule is C=C(c1ccccc1)[C@]1(O)CCCC[C@@H]1N(C)C.